The third-order valence-electron chi connectivity index (χ3n) is 4.32. The summed E-state index contributed by atoms with van der Waals surface area (Å²) in [5, 5.41) is 21.3. The Morgan fingerprint density at radius 2 is 2.10 bits per heavy atom. The van der Waals surface area contributed by atoms with Crippen molar-refractivity contribution in [1.29, 1.82) is 0 Å². The number of carbonyl (C=O) groups excluding carboxylic acids is 1. The van der Waals surface area contributed by atoms with Gasteiger partial charge in [0.05, 0.1) is 5.60 Å². The number of aryl methyl sites for hydroxylation is 1. The van der Waals surface area contributed by atoms with Crippen molar-refractivity contribution in [2.24, 2.45) is 0 Å². The van der Waals surface area contributed by atoms with E-state index in [1.165, 1.54) is 6.20 Å². The van der Waals surface area contributed by atoms with Crippen molar-refractivity contribution in [3.63, 3.8) is 0 Å². The van der Waals surface area contributed by atoms with E-state index >= 15 is 0 Å². The Labute approximate surface area is 123 Å². The standard InChI is InChI=1S/C16H19NO4/c1-8-5-11-10(7-17-8)13(18)9(2)14-16(11,20)6-12(21-14)15(3,4)19/h5,7,12,19-20H,6H2,1-4H3. The molecule has 0 amide bonds. The Morgan fingerprint density at radius 1 is 1.43 bits per heavy atom. The fourth-order valence-corrected chi connectivity index (χ4v) is 3.06. The highest BCUT2D eigenvalue weighted by molar-refractivity contribution is 6.11. The molecule has 2 heterocycles. The maximum absolute atomic E-state index is 12.4. The van der Waals surface area contributed by atoms with E-state index in [4.69, 9.17) is 4.74 Å². The summed E-state index contributed by atoms with van der Waals surface area (Å²) in [4.78, 5) is 16.6. The van der Waals surface area contributed by atoms with Crippen molar-refractivity contribution in [3.8, 4) is 0 Å². The highest BCUT2D eigenvalue weighted by Gasteiger charge is 2.54. The van der Waals surface area contributed by atoms with Gasteiger partial charge in [-0.25, -0.2) is 0 Å². The summed E-state index contributed by atoms with van der Waals surface area (Å²) in [5.41, 5.74) is -0.447. The summed E-state index contributed by atoms with van der Waals surface area (Å²) in [6.07, 6.45) is 1.15. The lowest BCUT2D eigenvalue weighted by atomic mass is 9.77. The first-order valence-corrected chi connectivity index (χ1v) is 6.99. The van der Waals surface area contributed by atoms with Crippen LogP contribution in [0.5, 0.6) is 0 Å². The molecule has 2 N–H and O–H groups in total. The molecule has 1 aliphatic heterocycles. The predicted molar refractivity (Wildman–Crippen MR) is 75.7 cm³/mol. The van der Waals surface area contributed by atoms with E-state index in [0.29, 0.717) is 16.7 Å². The van der Waals surface area contributed by atoms with E-state index in [1.54, 1.807) is 26.8 Å². The number of pyridine rings is 1. The SMILES string of the molecule is CC1=C2OC(C(C)(C)O)CC2(O)c2cc(C)ncc2C1=O. The molecule has 0 radical (unpaired) electrons. The van der Waals surface area contributed by atoms with Crippen LogP contribution in [0.15, 0.2) is 23.6 Å². The molecule has 21 heavy (non-hydrogen) atoms. The summed E-state index contributed by atoms with van der Waals surface area (Å²) in [6, 6.07) is 1.72. The number of hydrogen-bond acceptors (Lipinski definition) is 5. The molecule has 5 nitrogen and oxygen atoms in total. The van der Waals surface area contributed by atoms with E-state index in [0.717, 1.165) is 5.69 Å². The quantitative estimate of drug-likeness (QED) is 0.821. The molecular formula is C16H19NO4. The average Bonchev–Trinajstić information content (AvgIpc) is 2.76. The molecule has 0 aromatic carbocycles. The fourth-order valence-electron chi connectivity index (χ4n) is 3.06. The minimum Gasteiger partial charge on any atom is -0.488 e. The Morgan fingerprint density at radius 3 is 2.71 bits per heavy atom. The number of aliphatic hydroxyl groups is 2. The summed E-state index contributed by atoms with van der Waals surface area (Å²) in [7, 11) is 0. The number of hydrogen-bond donors (Lipinski definition) is 2. The van der Waals surface area contributed by atoms with Crippen molar-refractivity contribution in [3.05, 3.63) is 40.4 Å². The monoisotopic (exact) mass is 289 g/mol. The van der Waals surface area contributed by atoms with Crippen molar-refractivity contribution < 1.29 is 19.7 Å². The number of ketones is 1. The van der Waals surface area contributed by atoms with Crippen LogP contribution in [0.1, 0.15) is 48.8 Å². The van der Waals surface area contributed by atoms with Crippen molar-refractivity contribution in [1.82, 2.24) is 4.98 Å². The first kappa shape index (κ1) is 14.2. The topological polar surface area (TPSA) is 79.7 Å². The normalized spacial score (nSPS) is 28.3. The van der Waals surface area contributed by atoms with E-state index in [2.05, 4.69) is 4.98 Å². The summed E-state index contributed by atoms with van der Waals surface area (Å²) in [6.45, 7) is 6.71. The van der Waals surface area contributed by atoms with Gasteiger partial charge >= 0.3 is 0 Å². The van der Waals surface area contributed by atoms with Gasteiger partial charge in [-0.15, -0.1) is 0 Å². The number of ether oxygens (including phenoxy) is 1. The fraction of sp³-hybridized carbons (Fsp3) is 0.500. The predicted octanol–water partition coefficient (Wildman–Crippen LogP) is 1.61. The molecule has 112 valence electrons. The van der Waals surface area contributed by atoms with Crippen LogP contribution >= 0.6 is 0 Å². The number of nitrogens with zero attached hydrogens (tertiary/aromatic N) is 1. The molecule has 3 rings (SSSR count). The summed E-state index contributed by atoms with van der Waals surface area (Å²) >= 11 is 0. The Bertz CT molecular complexity index is 671. The molecule has 5 heteroatoms. The van der Waals surface area contributed by atoms with E-state index < -0.39 is 17.3 Å². The van der Waals surface area contributed by atoms with Gasteiger partial charge in [0, 0.05) is 35.0 Å². The summed E-state index contributed by atoms with van der Waals surface area (Å²) in [5.74, 6) is 0.0753. The Balaban J connectivity index is 2.21. The minimum absolute atomic E-state index is 0.187. The van der Waals surface area contributed by atoms with Crippen LogP contribution in [0.25, 0.3) is 0 Å². The van der Waals surface area contributed by atoms with Crippen LogP contribution < -0.4 is 0 Å². The molecule has 0 saturated carbocycles. The molecule has 1 aliphatic carbocycles. The van der Waals surface area contributed by atoms with Gasteiger partial charge in [0.1, 0.15) is 11.9 Å². The first-order chi connectivity index (χ1) is 9.64. The zero-order valence-electron chi connectivity index (χ0n) is 12.6. The van der Waals surface area contributed by atoms with Crippen LogP contribution in [0.4, 0.5) is 0 Å². The van der Waals surface area contributed by atoms with Gasteiger partial charge in [-0.3, -0.25) is 9.78 Å². The van der Waals surface area contributed by atoms with E-state index in [9.17, 15) is 15.0 Å². The third kappa shape index (κ3) is 1.92. The molecule has 0 spiro atoms. The van der Waals surface area contributed by atoms with Crippen molar-refractivity contribution in [2.45, 2.75) is 51.4 Å². The lowest BCUT2D eigenvalue weighted by Gasteiger charge is -2.30. The maximum Gasteiger partial charge on any atom is 0.194 e. The maximum atomic E-state index is 12.4. The lowest BCUT2D eigenvalue weighted by molar-refractivity contribution is -0.0455. The number of allylic oxidation sites excluding steroid dienone is 1. The number of aromatic nitrogens is 1. The average molecular weight is 289 g/mol. The zero-order chi connectivity index (χ0) is 15.6. The van der Waals surface area contributed by atoms with Gasteiger partial charge in [0.15, 0.2) is 11.4 Å². The molecule has 2 atom stereocenters. The van der Waals surface area contributed by atoms with E-state index in [-0.39, 0.29) is 18.0 Å². The van der Waals surface area contributed by atoms with Crippen LogP contribution in [0.3, 0.4) is 0 Å². The molecule has 1 fully saturated rings. The number of Topliss-reactive ketones (excluding diaryl/α,β-unsaturated/α-hetero) is 1. The van der Waals surface area contributed by atoms with Crippen molar-refractivity contribution in [2.75, 3.05) is 0 Å². The number of rotatable bonds is 1. The second-order valence-corrected chi connectivity index (χ2v) is 6.48. The van der Waals surface area contributed by atoms with Gasteiger partial charge in [-0.2, -0.15) is 0 Å². The van der Waals surface area contributed by atoms with E-state index in [1.807, 2.05) is 6.92 Å². The zero-order valence-corrected chi connectivity index (χ0v) is 12.6. The second-order valence-electron chi connectivity index (χ2n) is 6.48. The number of fused-ring (bicyclic) bond motifs is 3. The van der Waals surface area contributed by atoms with Crippen LogP contribution in [-0.4, -0.2) is 32.7 Å². The molecule has 2 aliphatic rings. The Hall–Kier alpha value is -1.72. The molecule has 0 bridgehead atoms. The largest absolute Gasteiger partial charge is 0.488 e. The van der Waals surface area contributed by atoms with Gasteiger partial charge in [0.25, 0.3) is 0 Å². The highest BCUT2D eigenvalue weighted by Crippen LogP contribution is 2.50. The number of carbonyl (C=O) groups is 1. The van der Waals surface area contributed by atoms with Crippen LogP contribution in [-0.2, 0) is 10.3 Å². The molecule has 1 aromatic rings. The summed E-state index contributed by atoms with van der Waals surface area (Å²) < 4.78 is 5.75. The van der Waals surface area contributed by atoms with Crippen LogP contribution in [0, 0.1) is 6.92 Å². The third-order valence-corrected chi connectivity index (χ3v) is 4.32. The first-order valence-electron chi connectivity index (χ1n) is 6.99. The lowest BCUT2D eigenvalue weighted by Crippen LogP contribution is -2.37. The second kappa shape index (κ2) is 4.15. The van der Waals surface area contributed by atoms with Crippen molar-refractivity contribution >= 4 is 5.78 Å². The van der Waals surface area contributed by atoms with Gasteiger partial charge in [-0.05, 0) is 33.8 Å². The smallest absolute Gasteiger partial charge is 0.194 e. The molecule has 2 unspecified atom stereocenters. The minimum atomic E-state index is -1.37. The Kier molecular flexibility index (Phi) is 2.81. The van der Waals surface area contributed by atoms with Gasteiger partial charge in [-0.1, -0.05) is 0 Å². The van der Waals surface area contributed by atoms with Gasteiger partial charge in [0.2, 0.25) is 0 Å². The molecule has 1 aromatic heterocycles. The van der Waals surface area contributed by atoms with Gasteiger partial charge < -0.3 is 14.9 Å². The van der Waals surface area contributed by atoms with Crippen LogP contribution in [0.2, 0.25) is 0 Å². The molecular weight excluding hydrogens is 270 g/mol. The highest BCUT2D eigenvalue weighted by atomic mass is 16.5. The molecule has 1 saturated heterocycles.